The number of rotatable bonds is 6. The Labute approximate surface area is 169 Å². The van der Waals surface area contributed by atoms with E-state index in [-0.39, 0.29) is 29.9 Å². The van der Waals surface area contributed by atoms with E-state index in [0.717, 1.165) is 12.0 Å². The summed E-state index contributed by atoms with van der Waals surface area (Å²) in [5.74, 6) is 0. The molecule has 0 spiro atoms. The second-order valence-corrected chi connectivity index (χ2v) is 13.5. The van der Waals surface area contributed by atoms with Gasteiger partial charge in [-0.25, -0.2) is 9.78 Å². The van der Waals surface area contributed by atoms with Gasteiger partial charge in [-0.05, 0) is 48.7 Å². The molecule has 1 amide bonds. The van der Waals surface area contributed by atoms with E-state index < -0.39 is 8.32 Å². The first kappa shape index (κ1) is 22.1. The molecule has 0 bridgehead atoms. The molecule has 1 aliphatic heterocycles. The number of hydrogen-bond donors (Lipinski definition) is 0. The number of carbonyl (C=O) groups excluding carboxylic acids is 1. The highest BCUT2D eigenvalue weighted by Crippen LogP contribution is 2.39. The normalized spacial score (nSPS) is 19.9. The van der Waals surface area contributed by atoms with Crippen molar-refractivity contribution < 1.29 is 14.0 Å². The van der Waals surface area contributed by atoms with Gasteiger partial charge in [-0.2, -0.15) is 5.26 Å². The summed E-state index contributed by atoms with van der Waals surface area (Å²) in [6, 6.07) is 5.68. The van der Waals surface area contributed by atoms with Gasteiger partial charge in [0.1, 0.15) is 18.4 Å². The molecule has 7 heteroatoms. The summed E-state index contributed by atoms with van der Waals surface area (Å²) in [6.07, 6.45) is 4.22. The van der Waals surface area contributed by atoms with Crippen LogP contribution in [0.5, 0.6) is 0 Å². The van der Waals surface area contributed by atoms with E-state index in [1.807, 2.05) is 6.07 Å². The van der Waals surface area contributed by atoms with E-state index >= 15 is 0 Å². The lowest BCUT2D eigenvalue weighted by atomic mass is 10.0. The van der Waals surface area contributed by atoms with Crippen LogP contribution >= 0.6 is 0 Å². The highest BCUT2D eigenvalue weighted by atomic mass is 28.4. The molecule has 0 radical (unpaired) electrons. The zero-order chi connectivity index (χ0) is 20.9. The van der Waals surface area contributed by atoms with Gasteiger partial charge in [0.2, 0.25) is 0 Å². The number of hydrogen-bond acceptors (Lipinski definition) is 5. The molecule has 2 atom stereocenters. The molecule has 0 N–H and O–H groups in total. The van der Waals surface area contributed by atoms with Crippen LogP contribution < -0.4 is 0 Å². The average Bonchev–Trinajstić information content (AvgIpc) is 3.00. The molecule has 1 aromatic rings. The highest BCUT2D eigenvalue weighted by molar-refractivity contribution is 6.74. The molecule has 0 saturated carbocycles. The first-order valence-electron chi connectivity index (χ1n) is 9.64. The van der Waals surface area contributed by atoms with Gasteiger partial charge in [0.15, 0.2) is 8.32 Å². The lowest BCUT2D eigenvalue weighted by Crippen LogP contribution is -2.44. The van der Waals surface area contributed by atoms with Crippen molar-refractivity contribution in [2.45, 2.75) is 63.9 Å². The maximum absolute atomic E-state index is 12.6. The summed E-state index contributed by atoms with van der Waals surface area (Å²) >= 11 is 0. The van der Waals surface area contributed by atoms with E-state index in [4.69, 9.17) is 14.4 Å². The molecule has 2 heterocycles. The van der Waals surface area contributed by atoms with Crippen molar-refractivity contribution in [2.24, 2.45) is 0 Å². The summed E-state index contributed by atoms with van der Waals surface area (Å²) in [5.41, 5.74) is 1.36. The van der Waals surface area contributed by atoms with Gasteiger partial charge >= 0.3 is 6.09 Å². The molecular weight excluding hydrogens is 370 g/mol. The number of nitriles is 1. The zero-order valence-electron chi connectivity index (χ0n) is 17.6. The van der Waals surface area contributed by atoms with Crippen LogP contribution in [0.4, 0.5) is 4.79 Å². The predicted octanol–water partition coefficient (Wildman–Crippen LogP) is 4.28. The highest BCUT2D eigenvalue weighted by Gasteiger charge is 2.43. The number of pyridine rings is 1. The number of nitrogens with zero attached hydrogens (tertiary/aromatic N) is 3. The van der Waals surface area contributed by atoms with Crippen LogP contribution in [-0.2, 0) is 15.6 Å². The van der Waals surface area contributed by atoms with Crippen molar-refractivity contribution in [3.8, 4) is 6.07 Å². The van der Waals surface area contributed by atoms with Crippen LogP contribution in [0.25, 0.3) is 0 Å². The largest absolute Gasteiger partial charge is 0.445 e. The van der Waals surface area contributed by atoms with Crippen molar-refractivity contribution >= 4 is 14.4 Å². The van der Waals surface area contributed by atoms with Crippen LogP contribution in [0.2, 0.25) is 18.1 Å². The number of aromatic nitrogens is 1. The van der Waals surface area contributed by atoms with Gasteiger partial charge in [-0.15, -0.1) is 0 Å². The van der Waals surface area contributed by atoms with E-state index in [2.05, 4.69) is 51.5 Å². The Hall–Kier alpha value is -2.17. The summed E-state index contributed by atoms with van der Waals surface area (Å²) in [6.45, 7) is 15.4. The quantitative estimate of drug-likeness (QED) is 0.525. The SMILES string of the molecule is C=CCOC(=O)N1C[C@H](O[Si](C)(C)C(C)(C)C)C[C@H]1Cc1ccnc(C#N)c1. The molecule has 1 fully saturated rings. The summed E-state index contributed by atoms with van der Waals surface area (Å²) in [4.78, 5) is 18.4. The third kappa shape index (κ3) is 5.43. The molecule has 152 valence electrons. The number of carbonyl (C=O) groups is 1. The molecule has 2 rings (SSSR count). The van der Waals surface area contributed by atoms with Crippen molar-refractivity contribution in [1.82, 2.24) is 9.88 Å². The topological polar surface area (TPSA) is 75.4 Å². The minimum Gasteiger partial charge on any atom is -0.445 e. The fourth-order valence-electron chi connectivity index (χ4n) is 3.12. The maximum Gasteiger partial charge on any atom is 0.410 e. The third-order valence-corrected chi connectivity index (χ3v) is 10.1. The van der Waals surface area contributed by atoms with E-state index in [1.165, 1.54) is 0 Å². The number of amides is 1. The van der Waals surface area contributed by atoms with Crippen LogP contribution in [0, 0.1) is 11.3 Å². The molecule has 1 aliphatic rings. The monoisotopic (exact) mass is 401 g/mol. The van der Waals surface area contributed by atoms with Crippen molar-refractivity contribution in [3.05, 3.63) is 42.2 Å². The standard InChI is InChI=1S/C21H31N3O3Si/c1-7-10-26-20(25)24-15-19(27-28(5,6)21(2,3)4)13-18(24)12-16-8-9-23-17(11-16)14-22/h7-9,11,18-19H,1,10,12-13,15H2,2-6H3/t18-,19-/m1/s1. The first-order chi connectivity index (χ1) is 13.1. The van der Waals surface area contributed by atoms with Crippen LogP contribution in [-0.4, -0.2) is 49.6 Å². The number of ether oxygens (including phenoxy) is 1. The third-order valence-electron chi connectivity index (χ3n) is 5.61. The maximum atomic E-state index is 12.6. The second-order valence-electron chi connectivity index (χ2n) is 8.77. The summed E-state index contributed by atoms with van der Waals surface area (Å²) < 4.78 is 11.9. The Bertz CT molecular complexity index is 752. The molecule has 6 nitrogen and oxygen atoms in total. The van der Waals surface area contributed by atoms with Crippen LogP contribution in [0.1, 0.15) is 38.4 Å². The molecule has 0 aromatic carbocycles. The van der Waals surface area contributed by atoms with Gasteiger partial charge in [-0.1, -0.05) is 33.4 Å². The van der Waals surface area contributed by atoms with E-state index in [9.17, 15) is 4.79 Å². The molecule has 0 aliphatic carbocycles. The van der Waals surface area contributed by atoms with E-state index in [1.54, 1.807) is 23.2 Å². The Morgan fingerprint density at radius 1 is 1.50 bits per heavy atom. The Kier molecular flexibility index (Phi) is 7.02. The lowest BCUT2D eigenvalue weighted by Gasteiger charge is -2.38. The molecule has 28 heavy (non-hydrogen) atoms. The Morgan fingerprint density at radius 2 is 2.21 bits per heavy atom. The fourth-order valence-corrected chi connectivity index (χ4v) is 4.47. The lowest BCUT2D eigenvalue weighted by molar-refractivity contribution is 0.103. The van der Waals surface area contributed by atoms with Crippen molar-refractivity contribution in [1.29, 1.82) is 5.26 Å². The Morgan fingerprint density at radius 3 is 2.82 bits per heavy atom. The van der Waals surface area contributed by atoms with E-state index in [0.29, 0.717) is 18.7 Å². The van der Waals surface area contributed by atoms with Gasteiger partial charge in [-0.3, -0.25) is 0 Å². The average molecular weight is 402 g/mol. The molecule has 1 aromatic heterocycles. The minimum absolute atomic E-state index is 0.0144. The minimum atomic E-state index is -1.94. The fraction of sp³-hybridized carbons (Fsp3) is 0.571. The second kappa shape index (κ2) is 8.89. The number of likely N-dealkylation sites (tertiary alicyclic amines) is 1. The van der Waals surface area contributed by atoms with Gasteiger partial charge < -0.3 is 14.1 Å². The molecule has 0 unspecified atom stereocenters. The zero-order valence-corrected chi connectivity index (χ0v) is 18.6. The smallest absolute Gasteiger partial charge is 0.410 e. The Balaban J connectivity index is 2.18. The van der Waals surface area contributed by atoms with Crippen molar-refractivity contribution in [2.75, 3.05) is 13.2 Å². The van der Waals surface area contributed by atoms with Gasteiger partial charge in [0.05, 0.1) is 6.10 Å². The van der Waals surface area contributed by atoms with Crippen molar-refractivity contribution in [3.63, 3.8) is 0 Å². The first-order valence-corrected chi connectivity index (χ1v) is 12.6. The molecular formula is C21H31N3O3Si. The molecule has 1 saturated heterocycles. The van der Waals surface area contributed by atoms with Crippen LogP contribution in [0.3, 0.4) is 0 Å². The van der Waals surface area contributed by atoms with Gasteiger partial charge in [0, 0.05) is 18.8 Å². The summed E-state index contributed by atoms with van der Waals surface area (Å²) in [7, 11) is -1.94. The summed E-state index contributed by atoms with van der Waals surface area (Å²) in [5, 5.41) is 9.19. The predicted molar refractivity (Wildman–Crippen MR) is 111 cm³/mol. The van der Waals surface area contributed by atoms with Crippen LogP contribution in [0.15, 0.2) is 31.0 Å². The van der Waals surface area contributed by atoms with Gasteiger partial charge in [0.25, 0.3) is 0 Å².